The number of sulfonamides is 1. The third-order valence-corrected chi connectivity index (χ3v) is 7.73. The summed E-state index contributed by atoms with van der Waals surface area (Å²) in [6.45, 7) is 2.96. The van der Waals surface area contributed by atoms with Crippen LogP contribution in [-0.2, 0) is 14.8 Å². The maximum atomic E-state index is 12.9. The van der Waals surface area contributed by atoms with Gasteiger partial charge in [-0.1, -0.05) is 11.3 Å². The first kappa shape index (κ1) is 19.4. The maximum absolute atomic E-state index is 12.9. The Labute approximate surface area is 168 Å². The van der Waals surface area contributed by atoms with Crippen LogP contribution in [-0.4, -0.2) is 80.6 Å². The Morgan fingerprint density at radius 2 is 1.96 bits per heavy atom. The predicted molar refractivity (Wildman–Crippen MR) is 110 cm³/mol. The molecule has 2 aromatic rings. The number of ether oxygens (including phenoxy) is 1. The number of hydrogen-bond donors (Lipinski definition) is 0. The summed E-state index contributed by atoms with van der Waals surface area (Å²) in [5.41, 5.74) is 0.939. The molecule has 0 bridgehead atoms. The summed E-state index contributed by atoms with van der Waals surface area (Å²) in [7, 11) is -1.71. The fourth-order valence-corrected chi connectivity index (χ4v) is 6.03. The fraction of sp³-hybridized carbons (Fsp3) is 0.556. The average molecular weight is 425 g/mol. The minimum absolute atomic E-state index is 0.0726. The lowest BCUT2D eigenvalue weighted by atomic mass is 10.2. The molecule has 0 spiro atoms. The Kier molecular flexibility index (Phi) is 5.19. The van der Waals surface area contributed by atoms with Gasteiger partial charge in [0.1, 0.15) is 11.8 Å². The van der Waals surface area contributed by atoms with Gasteiger partial charge < -0.3 is 14.5 Å². The number of benzene rings is 1. The van der Waals surface area contributed by atoms with Gasteiger partial charge in [0.05, 0.1) is 23.6 Å². The molecule has 0 aliphatic carbocycles. The third-order valence-electron chi connectivity index (χ3n) is 5.36. The number of hydrogen-bond acceptors (Lipinski definition) is 7. The first-order chi connectivity index (χ1) is 13.4. The van der Waals surface area contributed by atoms with Crippen molar-refractivity contribution in [3.63, 3.8) is 0 Å². The molecule has 28 heavy (non-hydrogen) atoms. The third kappa shape index (κ3) is 3.68. The van der Waals surface area contributed by atoms with E-state index < -0.39 is 16.1 Å². The van der Waals surface area contributed by atoms with Crippen LogP contribution in [0.1, 0.15) is 12.8 Å². The number of piperazine rings is 1. The summed E-state index contributed by atoms with van der Waals surface area (Å²) in [5.74, 6) is 0.738. The second-order valence-corrected chi connectivity index (χ2v) is 10.1. The maximum Gasteiger partial charge on any atom is 0.241 e. The normalized spacial score (nSPS) is 21.4. The SMILES string of the molecule is COc1ccc2nc(N3CCN(C(=O)[C@@H]4CCCN4S(C)(=O)=O)CC3)sc2c1. The first-order valence-electron chi connectivity index (χ1n) is 9.32. The van der Waals surface area contributed by atoms with E-state index in [1.54, 1.807) is 23.3 Å². The van der Waals surface area contributed by atoms with Crippen LogP contribution in [0.4, 0.5) is 5.13 Å². The molecule has 0 N–H and O–H groups in total. The average Bonchev–Trinajstić information content (AvgIpc) is 3.33. The highest BCUT2D eigenvalue weighted by Gasteiger charge is 2.39. The van der Waals surface area contributed by atoms with E-state index in [4.69, 9.17) is 9.72 Å². The molecule has 2 aliphatic heterocycles. The minimum atomic E-state index is -3.35. The number of nitrogens with zero attached hydrogens (tertiary/aromatic N) is 4. The van der Waals surface area contributed by atoms with Crippen molar-refractivity contribution in [3.8, 4) is 5.75 Å². The van der Waals surface area contributed by atoms with Gasteiger partial charge >= 0.3 is 0 Å². The van der Waals surface area contributed by atoms with Crippen molar-refractivity contribution in [3.05, 3.63) is 18.2 Å². The Morgan fingerprint density at radius 1 is 1.21 bits per heavy atom. The summed E-state index contributed by atoms with van der Waals surface area (Å²) >= 11 is 1.62. The van der Waals surface area contributed by atoms with Crippen LogP contribution in [0.2, 0.25) is 0 Å². The van der Waals surface area contributed by atoms with Gasteiger partial charge in [0.2, 0.25) is 15.9 Å². The molecule has 2 aliphatic rings. The molecule has 1 aromatic heterocycles. The lowest BCUT2D eigenvalue weighted by molar-refractivity contribution is -0.134. The highest BCUT2D eigenvalue weighted by Crippen LogP contribution is 2.32. The smallest absolute Gasteiger partial charge is 0.241 e. The van der Waals surface area contributed by atoms with Gasteiger partial charge in [-0.05, 0) is 31.0 Å². The molecule has 2 saturated heterocycles. The number of anilines is 1. The van der Waals surface area contributed by atoms with Crippen molar-refractivity contribution in [1.82, 2.24) is 14.2 Å². The number of rotatable bonds is 4. The molecule has 1 amide bonds. The molecule has 1 aromatic carbocycles. The van der Waals surface area contributed by atoms with Crippen molar-refractivity contribution in [2.45, 2.75) is 18.9 Å². The zero-order valence-corrected chi connectivity index (χ0v) is 17.6. The quantitative estimate of drug-likeness (QED) is 0.737. The van der Waals surface area contributed by atoms with Crippen LogP contribution in [0, 0.1) is 0 Å². The number of carbonyl (C=O) groups is 1. The predicted octanol–water partition coefficient (Wildman–Crippen LogP) is 1.38. The van der Waals surface area contributed by atoms with Crippen LogP contribution in [0.5, 0.6) is 5.75 Å². The van der Waals surface area contributed by atoms with Crippen molar-refractivity contribution >= 4 is 42.6 Å². The van der Waals surface area contributed by atoms with Gasteiger partial charge in [0.15, 0.2) is 5.13 Å². The van der Waals surface area contributed by atoms with Crippen molar-refractivity contribution in [2.75, 3.05) is 51.0 Å². The first-order valence-corrected chi connectivity index (χ1v) is 12.0. The van der Waals surface area contributed by atoms with E-state index in [-0.39, 0.29) is 5.91 Å². The van der Waals surface area contributed by atoms with Crippen molar-refractivity contribution < 1.29 is 17.9 Å². The molecule has 10 heteroatoms. The highest BCUT2D eigenvalue weighted by molar-refractivity contribution is 7.88. The van der Waals surface area contributed by atoms with E-state index in [1.807, 2.05) is 18.2 Å². The molecule has 1 atom stereocenters. The van der Waals surface area contributed by atoms with Gasteiger partial charge in [-0.15, -0.1) is 0 Å². The second kappa shape index (κ2) is 7.49. The zero-order chi connectivity index (χ0) is 19.9. The van der Waals surface area contributed by atoms with Gasteiger partial charge in [-0.3, -0.25) is 4.79 Å². The van der Waals surface area contributed by atoms with Crippen LogP contribution < -0.4 is 9.64 Å². The Bertz CT molecular complexity index is 983. The summed E-state index contributed by atoms with van der Waals surface area (Å²) in [5, 5.41) is 0.939. The molecule has 152 valence electrons. The molecular formula is C18H24N4O4S2. The molecule has 8 nitrogen and oxygen atoms in total. The molecule has 2 fully saturated rings. The lowest BCUT2D eigenvalue weighted by Crippen LogP contribution is -2.54. The van der Waals surface area contributed by atoms with E-state index in [2.05, 4.69) is 4.90 Å². The van der Waals surface area contributed by atoms with Gasteiger partial charge in [-0.2, -0.15) is 4.31 Å². The van der Waals surface area contributed by atoms with E-state index in [9.17, 15) is 13.2 Å². The highest BCUT2D eigenvalue weighted by atomic mass is 32.2. The number of methoxy groups -OCH3 is 1. The van der Waals surface area contributed by atoms with Crippen LogP contribution in [0.25, 0.3) is 10.2 Å². The number of carbonyl (C=O) groups excluding carboxylic acids is 1. The van der Waals surface area contributed by atoms with E-state index in [1.165, 1.54) is 10.6 Å². The Balaban J connectivity index is 1.42. The monoisotopic (exact) mass is 424 g/mol. The van der Waals surface area contributed by atoms with Crippen LogP contribution >= 0.6 is 11.3 Å². The second-order valence-electron chi connectivity index (χ2n) is 7.17. The zero-order valence-electron chi connectivity index (χ0n) is 16.0. The molecule has 0 unspecified atom stereocenters. The number of thiazole rings is 1. The molecular weight excluding hydrogens is 400 g/mol. The molecule has 3 heterocycles. The number of fused-ring (bicyclic) bond motifs is 1. The van der Waals surface area contributed by atoms with E-state index in [0.29, 0.717) is 39.1 Å². The summed E-state index contributed by atoms with van der Waals surface area (Å²) in [6.07, 6.45) is 2.52. The van der Waals surface area contributed by atoms with E-state index in [0.717, 1.165) is 27.5 Å². The van der Waals surface area contributed by atoms with Crippen LogP contribution in [0.3, 0.4) is 0 Å². The van der Waals surface area contributed by atoms with Crippen molar-refractivity contribution in [1.29, 1.82) is 0 Å². The van der Waals surface area contributed by atoms with Gasteiger partial charge in [-0.25, -0.2) is 13.4 Å². The Hall–Kier alpha value is -1.91. The molecule has 4 rings (SSSR count). The van der Waals surface area contributed by atoms with Crippen LogP contribution in [0.15, 0.2) is 18.2 Å². The standard InChI is InChI=1S/C18H24N4O4S2/c1-26-13-5-6-14-16(12-13)27-18(19-14)21-10-8-20(9-11-21)17(23)15-4-3-7-22(15)28(2,24)25/h5-6,12,15H,3-4,7-11H2,1-2H3/t15-/m0/s1. The van der Waals surface area contributed by atoms with E-state index >= 15 is 0 Å². The topological polar surface area (TPSA) is 83.1 Å². The summed E-state index contributed by atoms with van der Waals surface area (Å²) in [6, 6.07) is 5.29. The van der Waals surface area contributed by atoms with Crippen molar-refractivity contribution in [2.24, 2.45) is 0 Å². The number of aromatic nitrogens is 1. The lowest BCUT2D eigenvalue weighted by Gasteiger charge is -2.36. The molecule has 0 radical (unpaired) electrons. The van der Waals surface area contributed by atoms with Gasteiger partial charge in [0.25, 0.3) is 0 Å². The summed E-state index contributed by atoms with van der Waals surface area (Å²) < 4.78 is 31.6. The molecule has 0 saturated carbocycles. The largest absolute Gasteiger partial charge is 0.497 e. The van der Waals surface area contributed by atoms with Gasteiger partial charge in [0, 0.05) is 32.7 Å². The minimum Gasteiger partial charge on any atom is -0.497 e. The fourth-order valence-electron chi connectivity index (χ4n) is 3.87. The summed E-state index contributed by atoms with van der Waals surface area (Å²) in [4.78, 5) is 21.6. The number of amides is 1. The Morgan fingerprint density at radius 3 is 2.64 bits per heavy atom.